The van der Waals surface area contributed by atoms with Crippen LogP contribution in [0.5, 0.6) is 5.75 Å². The molecule has 1 aliphatic heterocycles. The first-order valence-corrected chi connectivity index (χ1v) is 10.3. The molecule has 0 bridgehead atoms. The van der Waals surface area contributed by atoms with Crippen LogP contribution in [0.25, 0.3) is 0 Å². The highest BCUT2D eigenvalue weighted by molar-refractivity contribution is 7.92. The molecule has 1 aromatic carbocycles. The van der Waals surface area contributed by atoms with E-state index in [-0.39, 0.29) is 18.5 Å². The minimum absolute atomic E-state index is 0.102. The third-order valence-electron chi connectivity index (χ3n) is 4.21. The normalized spacial score (nSPS) is 16.4. The van der Waals surface area contributed by atoms with Gasteiger partial charge in [-0.25, -0.2) is 8.42 Å². The van der Waals surface area contributed by atoms with Crippen molar-refractivity contribution in [2.45, 2.75) is 25.8 Å². The van der Waals surface area contributed by atoms with Crippen molar-refractivity contribution < 1.29 is 17.9 Å². The van der Waals surface area contributed by atoms with Gasteiger partial charge in [0.2, 0.25) is 15.9 Å². The molecule has 0 saturated carbocycles. The topological polar surface area (TPSA) is 79.0 Å². The van der Waals surface area contributed by atoms with Crippen LogP contribution < -0.4 is 14.4 Å². The number of likely N-dealkylation sites (tertiary alicyclic amines) is 1. The minimum atomic E-state index is -3.56. The lowest BCUT2D eigenvalue weighted by Crippen LogP contribution is -2.47. The van der Waals surface area contributed by atoms with Crippen LogP contribution in [0.2, 0.25) is 0 Å². The van der Waals surface area contributed by atoms with E-state index in [9.17, 15) is 13.2 Å². The Morgan fingerprint density at radius 3 is 2.40 bits per heavy atom. The van der Waals surface area contributed by atoms with Crippen LogP contribution in [0.1, 0.15) is 19.8 Å². The number of nitrogens with zero attached hydrogens (tertiary/aromatic N) is 2. The van der Waals surface area contributed by atoms with Gasteiger partial charge >= 0.3 is 0 Å². The minimum Gasteiger partial charge on any atom is -0.494 e. The Labute approximate surface area is 150 Å². The predicted molar refractivity (Wildman–Crippen MR) is 98.5 cm³/mol. The van der Waals surface area contributed by atoms with Gasteiger partial charge in [0.05, 0.1) is 18.6 Å². The smallest absolute Gasteiger partial charge is 0.240 e. The zero-order valence-electron chi connectivity index (χ0n) is 15.1. The SMILES string of the molecule is CCOc1ccc(N(CC(=O)NC2CCN(C)CC2)S(C)(=O)=O)cc1. The number of rotatable bonds is 7. The summed E-state index contributed by atoms with van der Waals surface area (Å²) < 4.78 is 30.7. The molecule has 0 atom stereocenters. The monoisotopic (exact) mass is 369 g/mol. The molecule has 0 spiro atoms. The Morgan fingerprint density at radius 1 is 1.28 bits per heavy atom. The molecule has 1 amide bonds. The average Bonchev–Trinajstić information content (AvgIpc) is 2.55. The highest BCUT2D eigenvalue weighted by Gasteiger charge is 2.24. The van der Waals surface area contributed by atoms with Crippen molar-refractivity contribution >= 4 is 21.6 Å². The van der Waals surface area contributed by atoms with E-state index in [1.54, 1.807) is 24.3 Å². The predicted octanol–water partition coefficient (Wildman–Crippen LogP) is 1.06. The second-order valence-electron chi connectivity index (χ2n) is 6.34. The maximum absolute atomic E-state index is 12.3. The Kier molecular flexibility index (Phi) is 6.66. The van der Waals surface area contributed by atoms with Gasteiger partial charge in [-0.05, 0) is 64.2 Å². The number of benzene rings is 1. The number of carbonyl (C=O) groups excluding carboxylic acids is 1. The third kappa shape index (κ3) is 5.89. The van der Waals surface area contributed by atoms with Crippen molar-refractivity contribution in [2.24, 2.45) is 0 Å². The zero-order valence-corrected chi connectivity index (χ0v) is 15.9. The molecule has 1 N–H and O–H groups in total. The Hall–Kier alpha value is -1.80. The number of sulfonamides is 1. The summed E-state index contributed by atoms with van der Waals surface area (Å²) in [6.07, 6.45) is 2.86. The molecule has 25 heavy (non-hydrogen) atoms. The molecule has 0 aliphatic carbocycles. The molecule has 0 aromatic heterocycles. The van der Waals surface area contributed by atoms with E-state index in [4.69, 9.17) is 4.74 Å². The van der Waals surface area contributed by atoms with Crippen molar-refractivity contribution in [3.63, 3.8) is 0 Å². The van der Waals surface area contributed by atoms with Crippen molar-refractivity contribution in [3.8, 4) is 5.75 Å². The molecule has 1 aliphatic rings. The molecular formula is C17H27N3O4S. The van der Waals surface area contributed by atoms with Crippen LogP contribution in [-0.2, 0) is 14.8 Å². The molecule has 1 fully saturated rings. The number of piperidine rings is 1. The van der Waals surface area contributed by atoms with Gasteiger partial charge in [-0.3, -0.25) is 9.10 Å². The summed E-state index contributed by atoms with van der Waals surface area (Å²) >= 11 is 0. The number of hydrogen-bond donors (Lipinski definition) is 1. The molecule has 140 valence electrons. The van der Waals surface area contributed by atoms with Gasteiger partial charge in [0.1, 0.15) is 12.3 Å². The van der Waals surface area contributed by atoms with Crippen molar-refractivity contribution in [1.82, 2.24) is 10.2 Å². The lowest BCUT2D eigenvalue weighted by atomic mass is 10.1. The van der Waals surface area contributed by atoms with Crippen LogP contribution in [0.4, 0.5) is 5.69 Å². The fourth-order valence-corrected chi connectivity index (χ4v) is 3.69. The van der Waals surface area contributed by atoms with E-state index in [2.05, 4.69) is 17.3 Å². The average molecular weight is 369 g/mol. The van der Waals surface area contributed by atoms with Crippen molar-refractivity contribution in [1.29, 1.82) is 0 Å². The van der Waals surface area contributed by atoms with E-state index in [0.29, 0.717) is 18.0 Å². The third-order valence-corrected chi connectivity index (χ3v) is 5.35. The van der Waals surface area contributed by atoms with E-state index in [0.717, 1.165) is 36.5 Å². The molecule has 7 nitrogen and oxygen atoms in total. The number of anilines is 1. The summed E-state index contributed by atoms with van der Waals surface area (Å²) in [6.45, 7) is 4.05. The first-order chi connectivity index (χ1) is 11.8. The van der Waals surface area contributed by atoms with E-state index >= 15 is 0 Å². The highest BCUT2D eigenvalue weighted by atomic mass is 32.2. The van der Waals surface area contributed by atoms with E-state index in [1.807, 2.05) is 6.92 Å². The van der Waals surface area contributed by atoms with Crippen LogP contribution >= 0.6 is 0 Å². The first-order valence-electron chi connectivity index (χ1n) is 8.48. The van der Waals surface area contributed by atoms with Crippen LogP contribution in [-0.4, -0.2) is 64.8 Å². The Morgan fingerprint density at radius 2 is 1.88 bits per heavy atom. The number of carbonyl (C=O) groups is 1. The number of hydrogen-bond acceptors (Lipinski definition) is 5. The van der Waals surface area contributed by atoms with Gasteiger partial charge in [-0.1, -0.05) is 0 Å². The van der Waals surface area contributed by atoms with Gasteiger partial charge in [0.15, 0.2) is 0 Å². The highest BCUT2D eigenvalue weighted by Crippen LogP contribution is 2.21. The lowest BCUT2D eigenvalue weighted by molar-refractivity contribution is -0.120. The van der Waals surface area contributed by atoms with Gasteiger partial charge in [0.25, 0.3) is 0 Å². The molecule has 1 heterocycles. The first kappa shape index (κ1) is 19.5. The van der Waals surface area contributed by atoms with Crippen molar-refractivity contribution in [3.05, 3.63) is 24.3 Å². The number of ether oxygens (including phenoxy) is 1. The van der Waals surface area contributed by atoms with Gasteiger partial charge in [-0.15, -0.1) is 0 Å². The number of nitrogens with one attached hydrogen (secondary N) is 1. The summed E-state index contributed by atoms with van der Waals surface area (Å²) in [4.78, 5) is 14.6. The van der Waals surface area contributed by atoms with Crippen molar-refractivity contribution in [2.75, 3.05) is 43.8 Å². The van der Waals surface area contributed by atoms with Crippen LogP contribution in [0.3, 0.4) is 0 Å². The van der Waals surface area contributed by atoms with E-state index < -0.39 is 10.0 Å². The maximum Gasteiger partial charge on any atom is 0.240 e. The summed E-state index contributed by atoms with van der Waals surface area (Å²) in [6, 6.07) is 6.80. The summed E-state index contributed by atoms with van der Waals surface area (Å²) in [5, 5.41) is 2.95. The van der Waals surface area contributed by atoms with Gasteiger partial charge < -0.3 is 15.0 Å². The molecule has 0 radical (unpaired) electrons. The molecule has 1 aromatic rings. The summed E-state index contributed by atoms with van der Waals surface area (Å²) in [5.41, 5.74) is 0.449. The fraction of sp³-hybridized carbons (Fsp3) is 0.588. The van der Waals surface area contributed by atoms with Gasteiger partial charge in [0, 0.05) is 6.04 Å². The van der Waals surface area contributed by atoms with E-state index in [1.165, 1.54) is 0 Å². The molecule has 8 heteroatoms. The molecular weight excluding hydrogens is 342 g/mol. The zero-order chi connectivity index (χ0) is 18.4. The largest absolute Gasteiger partial charge is 0.494 e. The lowest BCUT2D eigenvalue weighted by Gasteiger charge is -2.30. The maximum atomic E-state index is 12.3. The fourth-order valence-electron chi connectivity index (χ4n) is 2.83. The molecule has 1 saturated heterocycles. The van der Waals surface area contributed by atoms with Gasteiger partial charge in [-0.2, -0.15) is 0 Å². The molecule has 2 rings (SSSR count). The second-order valence-corrected chi connectivity index (χ2v) is 8.25. The quantitative estimate of drug-likeness (QED) is 0.778. The standard InChI is InChI=1S/C17H27N3O4S/c1-4-24-16-7-5-15(6-8-16)20(25(3,22)23)13-17(21)18-14-9-11-19(2)12-10-14/h5-8,14H,4,9-13H2,1-3H3,(H,18,21). The second kappa shape index (κ2) is 8.53. The Bertz CT molecular complexity index is 668. The van der Waals surface area contributed by atoms with Crippen LogP contribution in [0, 0.1) is 0 Å². The Balaban J connectivity index is 2.03. The summed E-state index contributed by atoms with van der Waals surface area (Å²) in [7, 11) is -1.51. The molecule has 0 unspecified atom stereocenters. The summed E-state index contributed by atoms with van der Waals surface area (Å²) in [5.74, 6) is 0.379. The number of amides is 1. The van der Waals surface area contributed by atoms with Crippen LogP contribution in [0.15, 0.2) is 24.3 Å².